The molecule has 2 aromatic carbocycles. The van der Waals surface area contributed by atoms with Gasteiger partial charge in [0.1, 0.15) is 5.75 Å². The zero-order valence-corrected chi connectivity index (χ0v) is 15.2. The van der Waals surface area contributed by atoms with Crippen LogP contribution in [0.25, 0.3) is 10.2 Å². The maximum Gasteiger partial charge on any atom is 0.264 e. The molecule has 0 atom stereocenters. The largest absolute Gasteiger partial charge is 0.483 e. The minimum Gasteiger partial charge on any atom is -0.483 e. The minimum absolute atomic E-state index is 0.0556. The summed E-state index contributed by atoms with van der Waals surface area (Å²) in [5.41, 5.74) is 3.94. The van der Waals surface area contributed by atoms with Crippen LogP contribution in [0.1, 0.15) is 16.7 Å². The van der Waals surface area contributed by atoms with Crippen LogP contribution in [0.4, 0.5) is 5.13 Å². The second kappa shape index (κ2) is 6.79. The molecule has 3 aromatic rings. The number of carbonyl (C=O) groups excluding carboxylic acids is 1. The Morgan fingerprint density at radius 1 is 1.25 bits per heavy atom. The van der Waals surface area contributed by atoms with Crippen molar-refractivity contribution in [2.24, 2.45) is 0 Å². The summed E-state index contributed by atoms with van der Waals surface area (Å²) < 4.78 is 6.60. The van der Waals surface area contributed by atoms with E-state index in [4.69, 9.17) is 16.3 Å². The molecule has 1 N–H and O–H groups in total. The number of nitrogens with zero attached hydrogens (tertiary/aromatic N) is 1. The van der Waals surface area contributed by atoms with Crippen molar-refractivity contribution >= 4 is 44.2 Å². The van der Waals surface area contributed by atoms with E-state index in [1.54, 1.807) is 0 Å². The van der Waals surface area contributed by atoms with E-state index in [1.165, 1.54) is 11.3 Å². The molecule has 124 valence electrons. The molecule has 0 unspecified atom stereocenters. The number of rotatable bonds is 4. The Morgan fingerprint density at radius 3 is 2.83 bits per heavy atom. The summed E-state index contributed by atoms with van der Waals surface area (Å²) in [4.78, 5) is 16.5. The summed E-state index contributed by atoms with van der Waals surface area (Å²) in [6, 6.07) is 9.56. The Hall–Kier alpha value is -2.11. The Morgan fingerprint density at radius 2 is 2.04 bits per heavy atom. The van der Waals surface area contributed by atoms with E-state index in [0.717, 1.165) is 32.7 Å². The van der Waals surface area contributed by atoms with Gasteiger partial charge in [0.2, 0.25) is 0 Å². The predicted molar refractivity (Wildman–Crippen MR) is 99.4 cm³/mol. The highest BCUT2D eigenvalue weighted by molar-refractivity contribution is 7.22. The first-order chi connectivity index (χ1) is 11.4. The number of thiazole rings is 1. The predicted octanol–water partition coefficient (Wildman–Crippen LogP) is 4.89. The van der Waals surface area contributed by atoms with Crippen LogP contribution in [-0.2, 0) is 4.79 Å². The molecule has 0 saturated heterocycles. The van der Waals surface area contributed by atoms with Gasteiger partial charge in [-0.1, -0.05) is 35.1 Å². The van der Waals surface area contributed by atoms with E-state index in [0.29, 0.717) is 10.2 Å². The van der Waals surface area contributed by atoms with E-state index in [-0.39, 0.29) is 12.5 Å². The van der Waals surface area contributed by atoms with Gasteiger partial charge in [0.25, 0.3) is 5.91 Å². The number of aromatic nitrogens is 1. The van der Waals surface area contributed by atoms with E-state index < -0.39 is 0 Å². The molecular formula is C18H17ClN2O2S. The van der Waals surface area contributed by atoms with Crippen molar-refractivity contribution in [3.63, 3.8) is 0 Å². The number of anilines is 1. The van der Waals surface area contributed by atoms with Crippen LogP contribution >= 0.6 is 22.9 Å². The number of aryl methyl sites for hydroxylation is 2. The molecule has 0 bridgehead atoms. The van der Waals surface area contributed by atoms with Crippen LogP contribution in [0.2, 0.25) is 5.02 Å². The number of hydrogen-bond acceptors (Lipinski definition) is 4. The molecule has 0 spiro atoms. The van der Waals surface area contributed by atoms with Crippen molar-refractivity contribution in [2.45, 2.75) is 20.8 Å². The SMILES string of the molecule is Cc1cc2sc(NC(=O)COc3cccc(C)c3C)nc2cc1Cl. The number of amides is 1. The number of fused-ring (bicyclic) bond motifs is 1. The van der Waals surface area contributed by atoms with Crippen molar-refractivity contribution in [1.29, 1.82) is 0 Å². The average Bonchev–Trinajstić information content (AvgIpc) is 2.90. The van der Waals surface area contributed by atoms with Crippen LogP contribution in [0.15, 0.2) is 30.3 Å². The van der Waals surface area contributed by atoms with Gasteiger partial charge in [-0.05, 0) is 55.7 Å². The van der Waals surface area contributed by atoms with Crippen molar-refractivity contribution in [3.8, 4) is 5.75 Å². The van der Waals surface area contributed by atoms with Crippen molar-refractivity contribution in [2.75, 3.05) is 11.9 Å². The molecule has 0 aliphatic heterocycles. The highest BCUT2D eigenvalue weighted by Crippen LogP contribution is 2.30. The molecule has 3 rings (SSSR count). The number of nitrogens with one attached hydrogen (secondary N) is 1. The van der Waals surface area contributed by atoms with E-state index in [9.17, 15) is 4.79 Å². The van der Waals surface area contributed by atoms with Gasteiger partial charge >= 0.3 is 0 Å². The van der Waals surface area contributed by atoms with Gasteiger partial charge in [0.15, 0.2) is 11.7 Å². The van der Waals surface area contributed by atoms with Gasteiger partial charge in [0, 0.05) is 5.02 Å². The van der Waals surface area contributed by atoms with E-state index >= 15 is 0 Å². The summed E-state index contributed by atoms with van der Waals surface area (Å²) in [6.45, 7) is 5.87. The molecule has 24 heavy (non-hydrogen) atoms. The third kappa shape index (κ3) is 3.52. The minimum atomic E-state index is -0.238. The van der Waals surface area contributed by atoms with Gasteiger partial charge in [0.05, 0.1) is 10.2 Å². The van der Waals surface area contributed by atoms with Crippen LogP contribution < -0.4 is 10.1 Å². The molecule has 1 heterocycles. The summed E-state index contributed by atoms with van der Waals surface area (Å²) in [5, 5.41) is 3.99. The molecule has 0 fully saturated rings. The Balaban J connectivity index is 1.67. The molecule has 1 aromatic heterocycles. The normalized spacial score (nSPS) is 10.8. The standard InChI is InChI=1S/C18H17ClN2O2S/c1-10-5-4-6-15(12(10)3)23-9-17(22)21-18-20-14-8-13(19)11(2)7-16(14)24-18/h4-8H,9H2,1-3H3,(H,20,21,22). The van der Waals surface area contributed by atoms with Crippen molar-refractivity contribution < 1.29 is 9.53 Å². The van der Waals surface area contributed by atoms with E-state index in [1.807, 2.05) is 51.1 Å². The zero-order chi connectivity index (χ0) is 17.3. The highest BCUT2D eigenvalue weighted by Gasteiger charge is 2.11. The molecule has 0 aliphatic carbocycles. The number of ether oxygens (including phenoxy) is 1. The fourth-order valence-electron chi connectivity index (χ4n) is 2.28. The second-order valence-corrected chi connectivity index (χ2v) is 7.06. The Labute approximate surface area is 149 Å². The first-order valence-corrected chi connectivity index (χ1v) is 8.69. The Kier molecular flexibility index (Phi) is 4.73. The lowest BCUT2D eigenvalue weighted by atomic mass is 10.1. The van der Waals surface area contributed by atoms with E-state index in [2.05, 4.69) is 10.3 Å². The van der Waals surface area contributed by atoms with Crippen LogP contribution in [0.3, 0.4) is 0 Å². The fourth-order valence-corrected chi connectivity index (χ4v) is 3.40. The lowest BCUT2D eigenvalue weighted by Gasteiger charge is -2.10. The smallest absolute Gasteiger partial charge is 0.264 e. The topological polar surface area (TPSA) is 51.2 Å². The van der Waals surface area contributed by atoms with Gasteiger partial charge in [-0.15, -0.1) is 0 Å². The summed E-state index contributed by atoms with van der Waals surface area (Å²) in [7, 11) is 0. The number of halogens is 1. The average molecular weight is 361 g/mol. The molecular weight excluding hydrogens is 344 g/mol. The molecule has 0 radical (unpaired) electrons. The lowest BCUT2D eigenvalue weighted by molar-refractivity contribution is -0.118. The first kappa shape index (κ1) is 16.7. The number of carbonyl (C=O) groups is 1. The third-order valence-electron chi connectivity index (χ3n) is 3.83. The first-order valence-electron chi connectivity index (χ1n) is 7.49. The maximum atomic E-state index is 12.1. The maximum absolute atomic E-state index is 12.1. The van der Waals surface area contributed by atoms with Crippen molar-refractivity contribution in [3.05, 3.63) is 52.0 Å². The van der Waals surface area contributed by atoms with Crippen LogP contribution in [0.5, 0.6) is 5.75 Å². The van der Waals surface area contributed by atoms with Crippen LogP contribution in [0, 0.1) is 20.8 Å². The van der Waals surface area contributed by atoms with Gasteiger partial charge < -0.3 is 4.74 Å². The number of hydrogen-bond donors (Lipinski definition) is 1. The van der Waals surface area contributed by atoms with Gasteiger partial charge in [-0.2, -0.15) is 0 Å². The summed E-state index contributed by atoms with van der Waals surface area (Å²) >= 11 is 7.52. The molecule has 0 saturated carbocycles. The monoisotopic (exact) mass is 360 g/mol. The molecule has 1 amide bonds. The number of benzene rings is 2. The fraction of sp³-hybridized carbons (Fsp3) is 0.222. The molecule has 0 aliphatic rings. The summed E-state index contributed by atoms with van der Waals surface area (Å²) in [6.07, 6.45) is 0. The second-order valence-electron chi connectivity index (χ2n) is 5.62. The quantitative estimate of drug-likeness (QED) is 0.720. The Bertz CT molecular complexity index is 882. The third-order valence-corrected chi connectivity index (χ3v) is 5.17. The van der Waals surface area contributed by atoms with Crippen molar-refractivity contribution in [1.82, 2.24) is 4.98 Å². The summed E-state index contributed by atoms with van der Waals surface area (Å²) in [5.74, 6) is 0.481. The molecule has 6 heteroatoms. The molecule has 4 nitrogen and oxygen atoms in total. The van der Waals surface area contributed by atoms with Gasteiger partial charge in [-0.3, -0.25) is 10.1 Å². The van der Waals surface area contributed by atoms with Crippen LogP contribution in [-0.4, -0.2) is 17.5 Å². The zero-order valence-electron chi connectivity index (χ0n) is 13.6. The van der Waals surface area contributed by atoms with Gasteiger partial charge in [-0.25, -0.2) is 4.98 Å². The highest BCUT2D eigenvalue weighted by atomic mass is 35.5. The lowest BCUT2D eigenvalue weighted by Crippen LogP contribution is -2.20.